The standard InChI is InChI=1S/C18H19ClFN/c1-12(17-4-2-3-5-18(17)19)21-16-10-14(11-16)13-6-8-15(20)9-7-13/h2-9,12,14,16,21H,10-11H2,1H3. The van der Waals surface area contributed by atoms with Crippen molar-refractivity contribution in [2.75, 3.05) is 0 Å². The molecule has 3 rings (SSSR count). The van der Waals surface area contributed by atoms with Crippen LogP contribution >= 0.6 is 11.6 Å². The summed E-state index contributed by atoms with van der Waals surface area (Å²) in [7, 11) is 0. The van der Waals surface area contributed by atoms with Gasteiger partial charge < -0.3 is 5.32 Å². The highest BCUT2D eigenvalue weighted by molar-refractivity contribution is 6.31. The molecule has 0 amide bonds. The van der Waals surface area contributed by atoms with Crippen LogP contribution in [0.4, 0.5) is 4.39 Å². The SMILES string of the molecule is CC(NC1CC(c2ccc(F)cc2)C1)c1ccccc1Cl. The van der Waals surface area contributed by atoms with Crippen molar-refractivity contribution in [2.45, 2.75) is 37.8 Å². The summed E-state index contributed by atoms with van der Waals surface area (Å²) in [6.07, 6.45) is 2.20. The monoisotopic (exact) mass is 303 g/mol. The first-order valence-electron chi connectivity index (χ1n) is 7.39. The lowest BCUT2D eigenvalue weighted by atomic mass is 9.75. The molecule has 2 aromatic carbocycles. The van der Waals surface area contributed by atoms with Crippen LogP contribution in [0.25, 0.3) is 0 Å². The summed E-state index contributed by atoms with van der Waals surface area (Å²) in [6.45, 7) is 2.15. The van der Waals surface area contributed by atoms with E-state index in [1.54, 1.807) is 12.1 Å². The molecule has 1 unspecified atom stereocenters. The van der Waals surface area contributed by atoms with Crippen LogP contribution in [-0.2, 0) is 0 Å². The average molecular weight is 304 g/mol. The molecule has 3 heteroatoms. The van der Waals surface area contributed by atoms with Gasteiger partial charge in [-0.2, -0.15) is 0 Å². The molecule has 2 aromatic rings. The van der Waals surface area contributed by atoms with Crippen molar-refractivity contribution in [1.29, 1.82) is 0 Å². The number of rotatable bonds is 4. The van der Waals surface area contributed by atoms with Gasteiger partial charge in [-0.25, -0.2) is 4.39 Å². The van der Waals surface area contributed by atoms with Crippen LogP contribution in [0.3, 0.4) is 0 Å². The summed E-state index contributed by atoms with van der Waals surface area (Å²) < 4.78 is 12.9. The van der Waals surface area contributed by atoms with Crippen molar-refractivity contribution in [3.05, 3.63) is 70.5 Å². The van der Waals surface area contributed by atoms with E-state index in [4.69, 9.17) is 11.6 Å². The number of hydrogen-bond acceptors (Lipinski definition) is 1. The van der Waals surface area contributed by atoms with Crippen molar-refractivity contribution in [2.24, 2.45) is 0 Å². The Hall–Kier alpha value is -1.38. The molecule has 0 bridgehead atoms. The van der Waals surface area contributed by atoms with Gasteiger partial charge in [-0.05, 0) is 55.0 Å². The molecule has 0 radical (unpaired) electrons. The van der Waals surface area contributed by atoms with Gasteiger partial charge in [0.1, 0.15) is 5.82 Å². The van der Waals surface area contributed by atoms with Gasteiger partial charge >= 0.3 is 0 Å². The van der Waals surface area contributed by atoms with E-state index in [-0.39, 0.29) is 11.9 Å². The largest absolute Gasteiger partial charge is 0.307 e. The molecule has 110 valence electrons. The molecule has 0 aromatic heterocycles. The zero-order chi connectivity index (χ0) is 14.8. The predicted octanol–water partition coefficient (Wildman–Crippen LogP) is 5.08. The molecule has 1 nitrogen and oxygen atoms in total. The quantitative estimate of drug-likeness (QED) is 0.831. The van der Waals surface area contributed by atoms with E-state index >= 15 is 0 Å². The number of halogens is 2. The molecule has 1 aliphatic carbocycles. The van der Waals surface area contributed by atoms with E-state index in [9.17, 15) is 4.39 Å². The first-order chi connectivity index (χ1) is 10.1. The Morgan fingerprint density at radius 2 is 1.76 bits per heavy atom. The number of nitrogens with one attached hydrogen (secondary N) is 1. The number of hydrogen-bond donors (Lipinski definition) is 1. The summed E-state index contributed by atoms with van der Waals surface area (Å²) >= 11 is 6.23. The lowest BCUT2D eigenvalue weighted by molar-refractivity contribution is 0.271. The minimum absolute atomic E-state index is 0.167. The van der Waals surface area contributed by atoms with Crippen LogP contribution in [0.2, 0.25) is 5.02 Å². The Morgan fingerprint density at radius 1 is 1.10 bits per heavy atom. The Morgan fingerprint density at radius 3 is 2.43 bits per heavy atom. The van der Waals surface area contributed by atoms with Crippen molar-refractivity contribution in [1.82, 2.24) is 5.32 Å². The number of benzene rings is 2. The van der Waals surface area contributed by atoms with Crippen molar-refractivity contribution in [3.8, 4) is 0 Å². The van der Waals surface area contributed by atoms with Gasteiger partial charge in [0.15, 0.2) is 0 Å². The van der Waals surface area contributed by atoms with E-state index in [1.165, 1.54) is 5.56 Å². The third kappa shape index (κ3) is 3.28. The maximum atomic E-state index is 12.9. The van der Waals surface area contributed by atoms with Crippen LogP contribution in [-0.4, -0.2) is 6.04 Å². The second-order valence-electron chi connectivity index (χ2n) is 5.83. The molecule has 21 heavy (non-hydrogen) atoms. The fraction of sp³-hybridized carbons (Fsp3) is 0.333. The smallest absolute Gasteiger partial charge is 0.123 e. The Labute approximate surface area is 130 Å². The summed E-state index contributed by atoms with van der Waals surface area (Å²) in [6, 6.07) is 15.6. The zero-order valence-electron chi connectivity index (χ0n) is 12.0. The van der Waals surface area contributed by atoms with Crippen molar-refractivity contribution in [3.63, 3.8) is 0 Å². The van der Waals surface area contributed by atoms with Gasteiger partial charge in [0.05, 0.1) is 0 Å². The fourth-order valence-corrected chi connectivity index (χ4v) is 3.33. The lowest BCUT2D eigenvalue weighted by Crippen LogP contribution is -2.41. The molecule has 1 N–H and O–H groups in total. The Balaban J connectivity index is 1.55. The highest BCUT2D eigenvalue weighted by Crippen LogP contribution is 2.38. The highest BCUT2D eigenvalue weighted by Gasteiger charge is 2.31. The molecule has 0 spiro atoms. The highest BCUT2D eigenvalue weighted by atomic mass is 35.5. The molecular weight excluding hydrogens is 285 g/mol. The van der Waals surface area contributed by atoms with Crippen molar-refractivity contribution < 1.29 is 4.39 Å². The first kappa shape index (κ1) is 14.6. The molecule has 0 aliphatic heterocycles. The molecule has 1 aliphatic rings. The minimum atomic E-state index is -0.167. The minimum Gasteiger partial charge on any atom is -0.307 e. The maximum absolute atomic E-state index is 12.9. The van der Waals surface area contributed by atoms with Crippen LogP contribution in [0.5, 0.6) is 0 Å². The van der Waals surface area contributed by atoms with Gasteiger partial charge in [-0.3, -0.25) is 0 Å². The van der Waals surface area contributed by atoms with E-state index in [0.717, 1.165) is 23.4 Å². The summed E-state index contributed by atoms with van der Waals surface area (Å²) in [4.78, 5) is 0. The molecule has 1 atom stereocenters. The van der Waals surface area contributed by atoms with Crippen LogP contribution < -0.4 is 5.32 Å². The van der Waals surface area contributed by atoms with Gasteiger partial charge in [0, 0.05) is 17.1 Å². The normalized spacial score (nSPS) is 22.6. The van der Waals surface area contributed by atoms with E-state index in [2.05, 4.69) is 18.3 Å². The summed E-state index contributed by atoms with van der Waals surface area (Å²) in [5.74, 6) is 0.377. The Bertz CT molecular complexity index is 605. The predicted molar refractivity (Wildman–Crippen MR) is 85.2 cm³/mol. The maximum Gasteiger partial charge on any atom is 0.123 e. The molecule has 1 saturated carbocycles. The topological polar surface area (TPSA) is 12.0 Å². The van der Waals surface area contributed by atoms with E-state index in [0.29, 0.717) is 12.0 Å². The van der Waals surface area contributed by atoms with Crippen LogP contribution in [0.15, 0.2) is 48.5 Å². The van der Waals surface area contributed by atoms with Gasteiger partial charge in [-0.15, -0.1) is 0 Å². The van der Waals surface area contributed by atoms with Gasteiger partial charge in [0.25, 0.3) is 0 Å². The van der Waals surface area contributed by atoms with Gasteiger partial charge in [-0.1, -0.05) is 41.9 Å². The third-order valence-corrected chi connectivity index (χ3v) is 4.68. The molecule has 0 saturated heterocycles. The average Bonchev–Trinajstić information content (AvgIpc) is 2.44. The first-order valence-corrected chi connectivity index (χ1v) is 7.77. The molecular formula is C18H19ClFN. The fourth-order valence-electron chi connectivity index (χ4n) is 3.03. The summed E-state index contributed by atoms with van der Waals surface area (Å²) in [5, 5.41) is 4.44. The lowest BCUT2D eigenvalue weighted by Gasteiger charge is -2.38. The van der Waals surface area contributed by atoms with Crippen molar-refractivity contribution >= 4 is 11.6 Å². The molecule has 0 heterocycles. The Kier molecular flexibility index (Phi) is 4.27. The zero-order valence-corrected chi connectivity index (χ0v) is 12.8. The second-order valence-corrected chi connectivity index (χ2v) is 6.23. The summed E-state index contributed by atoms with van der Waals surface area (Å²) in [5.41, 5.74) is 2.38. The second kappa shape index (κ2) is 6.17. The third-order valence-electron chi connectivity index (χ3n) is 4.34. The van der Waals surface area contributed by atoms with E-state index in [1.807, 2.05) is 30.3 Å². The van der Waals surface area contributed by atoms with Gasteiger partial charge in [0.2, 0.25) is 0 Å². The van der Waals surface area contributed by atoms with E-state index < -0.39 is 0 Å². The molecule has 1 fully saturated rings. The van der Waals surface area contributed by atoms with Crippen LogP contribution in [0.1, 0.15) is 42.9 Å². The van der Waals surface area contributed by atoms with Crippen LogP contribution in [0, 0.1) is 5.82 Å².